The van der Waals surface area contributed by atoms with Crippen molar-refractivity contribution in [1.82, 2.24) is 0 Å². The van der Waals surface area contributed by atoms with E-state index in [4.69, 9.17) is 20.5 Å². The van der Waals surface area contributed by atoms with Crippen LogP contribution in [0, 0.1) is 6.92 Å². The lowest BCUT2D eigenvalue weighted by atomic mass is 10.1. The van der Waals surface area contributed by atoms with Crippen molar-refractivity contribution in [2.75, 3.05) is 12.4 Å². The van der Waals surface area contributed by atoms with Crippen LogP contribution >= 0.6 is 11.6 Å². The largest absolute Gasteiger partial charge is 0.493 e. The normalized spacial score (nSPS) is 11.2. The SMILES string of the molecule is CCc1ccccc1NCc1cc(Cl)c(OS(=O)(=O)c2ccc(C)cc2)c(OC)c1. The Labute approximate surface area is 182 Å². The summed E-state index contributed by atoms with van der Waals surface area (Å²) in [6.45, 7) is 4.47. The summed E-state index contributed by atoms with van der Waals surface area (Å²) in [4.78, 5) is 0.0492. The van der Waals surface area contributed by atoms with Gasteiger partial charge in [0.2, 0.25) is 5.75 Å². The Bertz CT molecular complexity index is 1130. The molecule has 0 atom stereocenters. The van der Waals surface area contributed by atoms with Gasteiger partial charge in [-0.3, -0.25) is 0 Å². The van der Waals surface area contributed by atoms with Gasteiger partial charge in [0, 0.05) is 12.2 Å². The first-order valence-electron chi connectivity index (χ1n) is 9.53. The first-order chi connectivity index (χ1) is 14.3. The summed E-state index contributed by atoms with van der Waals surface area (Å²) in [6, 6.07) is 17.9. The molecular formula is C23H24ClNO4S. The minimum Gasteiger partial charge on any atom is -0.493 e. The van der Waals surface area contributed by atoms with Gasteiger partial charge in [0.25, 0.3) is 0 Å². The van der Waals surface area contributed by atoms with Gasteiger partial charge in [-0.05, 0) is 54.8 Å². The van der Waals surface area contributed by atoms with Crippen molar-refractivity contribution in [3.63, 3.8) is 0 Å². The lowest BCUT2D eigenvalue weighted by molar-refractivity contribution is 0.390. The zero-order chi connectivity index (χ0) is 21.7. The highest BCUT2D eigenvalue weighted by atomic mass is 35.5. The van der Waals surface area contributed by atoms with Gasteiger partial charge in [-0.2, -0.15) is 8.42 Å². The fraction of sp³-hybridized carbons (Fsp3) is 0.217. The Kier molecular flexibility index (Phi) is 6.90. The summed E-state index contributed by atoms with van der Waals surface area (Å²) in [5.41, 5.74) is 4.03. The third-order valence-corrected chi connectivity index (χ3v) is 6.19. The van der Waals surface area contributed by atoms with E-state index in [1.54, 1.807) is 24.3 Å². The Hall–Kier alpha value is -2.70. The van der Waals surface area contributed by atoms with Crippen LogP contribution in [0.2, 0.25) is 5.02 Å². The molecule has 5 nitrogen and oxygen atoms in total. The summed E-state index contributed by atoms with van der Waals surface area (Å²) in [5.74, 6) is 0.219. The summed E-state index contributed by atoms with van der Waals surface area (Å²) in [6.07, 6.45) is 0.914. The maximum atomic E-state index is 12.7. The second kappa shape index (κ2) is 9.41. The summed E-state index contributed by atoms with van der Waals surface area (Å²) >= 11 is 6.38. The van der Waals surface area contributed by atoms with E-state index in [-0.39, 0.29) is 21.4 Å². The standard InChI is InChI=1S/C23H24ClNO4S/c1-4-18-7-5-6-8-21(18)25-15-17-13-20(24)23(22(14-17)28-3)29-30(26,27)19-11-9-16(2)10-12-19/h5-14,25H,4,15H2,1-3H3. The van der Waals surface area contributed by atoms with Crippen LogP contribution in [0.5, 0.6) is 11.5 Å². The molecule has 3 aromatic rings. The van der Waals surface area contributed by atoms with Crippen molar-refractivity contribution >= 4 is 27.4 Å². The van der Waals surface area contributed by atoms with Crippen molar-refractivity contribution in [3.05, 3.63) is 82.4 Å². The number of hydrogen-bond donors (Lipinski definition) is 1. The molecule has 0 aliphatic heterocycles. The number of hydrogen-bond acceptors (Lipinski definition) is 5. The van der Waals surface area contributed by atoms with Crippen molar-refractivity contribution in [3.8, 4) is 11.5 Å². The average molecular weight is 446 g/mol. The fourth-order valence-corrected chi connectivity index (χ4v) is 4.29. The molecule has 30 heavy (non-hydrogen) atoms. The van der Waals surface area contributed by atoms with Crippen molar-refractivity contribution in [1.29, 1.82) is 0 Å². The van der Waals surface area contributed by atoms with E-state index in [1.807, 2.05) is 25.1 Å². The highest BCUT2D eigenvalue weighted by Crippen LogP contribution is 2.38. The zero-order valence-corrected chi connectivity index (χ0v) is 18.7. The van der Waals surface area contributed by atoms with E-state index in [9.17, 15) is 8.42 Å². The van der Waals surface area contributed by atoms with E-state index in [1.165, 1.54) is 24.8 Å². The van der Waals surface area contributed by atoms with Crippen LogP contribution in [-0.4, -0.2) is 15.5 Å². The van der Waals surface area contributed by atoms with Crippen LogP contribution in [0.3, 0.4) is 0 Å². The van der Waals surface area contributed by atoms with Gasteiger partial charge in [-0.25, -0.2) is 0 Å². The molecule has 0 bridgehead atoms. The molecule has 0 fully saturated rings. The monoisotopic (exact) mass is 445 g/mol. The molecule has 0 heterocycles. The van der Waals surface area contributed by atoms with Crippen molar-refractivity contribution < 1.29 is 17.3 Å². The molecule has 0 aliphatic rings. The lowest BCUT2D eigenvalue weighted by Gasteiger charge is -2.15. The summed E-state index contributed by atoms with van der Waals surface area (Å²) < 4.78 is 36.0. The molecule has 0 unspecified atom stereocenters. The second-order valence-corrected chi connectivity index (χ2v) is 8.78. The maximum Gasteiger partial charge on any atom is 0.339 e. The molecule has 0 aliphatic carbocycles. The first kappa shape index (κ1) is 22.0. The van der Waals surface area contributed by atoms with E-state index in [2.05, 4.69) is 18.3 Å². The molecular weight excluding hydrogens is 422 g/mol. The highest BCUT2D eigenvalue weighted by molar-refractivity contribution is 7.87. The molecule has 0 radical (unpaired) electrons. The molecule has 7 heteroatoms. The Morgan fingerprint density at radius 1 is 1.03 bits per heavy atom. The first-order valence-corrected chi connectivity index (χ1v) is 11.3. The van der Waals surface area contributed by atoms with E-state index in [0.29, 0.717) is 6.54 Å². The van der Waals surface area contributed by atoms with Gasteiger partial charge in [0.05, 0.1) is 12.1 Å². The van der Waals surface area contributed by atoms with Gasteiger partial charge >= 0.3 is 10.1 Å². The van der Waals surface area contributed by atoms with Crippen LogP contribution in [0.1, 0.15) is 23.6 Å². The number of rotatable bonds is 8. The lowest BCUT2D eigenvalue weighted by Crippen LogP contribution is -2.11. The van der Waals surface area contributed by atoms with Gasteiger partial charge in [-0.15, -0.1) is 0 Å². The molecule has 3 aromatic carbocycles. The molecule has 0 aromatic heterocycles. The van der Waals surface area contributed by atoms with E-state index < -0.39 is 10.1 Å². The predicted molar refractivity (Wildman–Crippen MR) is 120 cm³/mol. The molecule has 0 amide bonds. The van der Waals surface area contributed by atoms with Crippen LogP contribution < -0.4 is 14.2 Å². The Morgan fingerprint density at radius 2 is 1.73 bits per heavy atom. The topological polar surface area (TPSA) is 64.6 Å². The minimum absolute atomic E-state index is 0.0301. The molecule has 1 N–H and O–H groups in total. The summed E-state index contributed by atoms with van der Waals surface area (Å²) in [5, 5.41) is 3.54. The Balaban J connectivity index is 1.84. The number of para-hydroxylation sites is 1. The van der Waals surface area contributed by atoms with Crippen molar-refractivity contribution in [2.24, 2.45) is 0 Å². The number of anilines is 1. The molecule has 0 saturated carbocycles. The van der Waals surface area contributed by atoms with Crippen LogP contribution in [0.15, 0.2) is 65.6 Å². The summed E-state index contributed by atoms with van der Waals surface area (Å²) in [7, 11) is -2.60. The Morgan fingerprint density at radius 3 is 2.40 bits per heavy atom. The average Bonchev–Trinajstić information content (AvgIpc) is 2.74. The minimum atomic E-state index is -4.04. The third-order valence-electron chi connectivity index (χ3n) is 4.67. The highest BCUT2D eigenvalue weighted by Gasteiger charge is 2.22. The maximum absolute atomic E-state index is 12.7. The molecule has 158 valence electrons. The van der Waals surface area contributed by atoms with Gasteiger partial charge < -0.3 is 14.2 Å². The third kappa shape index (κ3) is 5.07. The number of nitrogens with one attached hydrogen (secondary N) is 1. The number of aryl methyl sites for hydroxylation is 2. The van der Waals surface area contributed by atoms with E-state index in [0.717, 1.165) is 23.2 Å². The van der Waals surface area contributed by atoms with Gasteiger partial charge in [0.15, 0.2) is 5.75 Å². The quantitative estimate of drug-likeness (QED) is 0.457. The van der Waals surface area contributed by atoms with Crippen LogP contribution in [0.25, 0.3) is 0 Å². The number of ether oxygens (including phenoxy) is 1. The smallest absolute Gasteiger partial charge is 0.339 e. The zero-order valence-electron chi connectivity index (χ0n) is 17.1. The van der Waals surface area contributed by atoms with Gasteiger partial charge in [-0.1, -0.05) is 54.4 Å². The second-order valence-electron chi connectivity index (χ2n) is 6.82. The fourth-order valence-electron chi connectivity index (χ4n) is 3.02. The number of methoxy groups -OCH3 is 1. The number of halogens is 1. The molecule has 3 rings (SSSR count). The van der Waals surface area contributed by atoms with Crippen LogP contribution in [-0.2, 0) is 23.1 Å². The van der Waals surface area contributed by atoms with E-state index >= 15 is 0 Å². The molecule has 0 saturated heterocycles. The van der Waals surface area contributed by atoms with Crippen LogP contribution in [0.4, 0.5) is 5.69 Å². The van der Waals surface area contributed by atoms with Crippen molar-refractivity contribution in [2.45, 2.75) is 31.7 Å². The molecule has 0 spiro atoms. The predicted octanol–water partition coefficient (Wildman–Crippen LogP) is 5.60. The van der Waals surface area contributed by atoms with Gasteiger partial charge in [0.1, 0.15) is 4.90 Å². The number of benzene rings is 3.